The van der Waals surface area contributed by atoms with Gasteiger partial charge in [0.25, 0.3) is 0 Å². The summed E-state index contributed by atoms with van der Waals surface area (Å²) in [6.07, 6.45) is 3.53. The average Bonchev–Trinajstić information content (AvgIpc) is 2.56. The maximum atomic E-state index is 4.58. The van der Waals surface area contributed by atoms with E-state index < -0.39 is 0 Å². The lowest BCUT2D eigenvalue weighted by atomic mass is 10.1. The van der Waals surface area contributed by atoms with Crippen LogP contribution in [0.25, 0.3) is 22.9 Å². The molecule has 3 rings (SSSR count). The third kappa shape index (κ3) is 2.86. The first-order valence-electron chi connectivity index (χ1n) is 6.67. The Morgan fingerprint density at radius 3 is 2.29 bits per heavy atom. The van der Waals surface area contributed by atoms with E-state index >= 15 is 0 Å². The number of rotatable bonds is 3. The predicted octanol–water partition coefficient (Wildman–Crippen LogP) is 2.95. The fraction of sp³-hybridized carbons (Fsp3) is 0.125. The number of hydrogen-bond donors (Lipinski definition) is 1. The van der Waals surface area contributed by atoms with E-state index in [1.54, 1.807) is 12.4 Å². The monoisotopic (exact) mass is 277 g/mol. The second kappa shape index (κ2) is 5.66. The van der Waals surface area contributed by atoms with Crippen LogP contribution in [0.4, 0.5) is 5.82 Å². The third-order valence-electron chi connectivity index (χ3n) is 3.03. The maximum Gasteiger partial charge on any atom is 0.200 e. The number of nitrogens with one attached hydrogen (secondary N) is 1. The van der Waals surface area contributed by atoms with E-state index in [2.05, 4.69) is 25.3 Å². The van der Waals surface area contributed by atoms with E-state index in [4.69, 9.17) is 0 Å². The summed E-state index contributed by atoms with van der Waals surface area (Å²) in [5.74, 6) is 1.78. The maximum absolute atomic E-state index is 4.58. The van der Waals surface area contributed by atoms with Crippen molar-refractivity contribution in [3.8, 4) is 22.9 Å². The number of aromatic nitrogens is 4. The minimum absolute atomic E-state index is 0.515. The van der Waals surface area contributed by atoms with Crippen molar-refractivity contribution in [3.63, 3.8) is 0 Å². The highest BCUT2D eigenvalue weighted by Crippen LogP contribution is 2.22. The van der Waals surface area contributed by atoms with Crippen molar-refractivity contribution < 1.29 is 0 Å². The molecule has 1 aromatic carbocycles. The van der Waals surface area contributed by atoms with Gasteiger partial charge in [-0.15, -0.1) is 0 Å². The Bertz CT molecular complexity index is 738. The van der Waals surface area contributed by atoms with Crippen LogP contribution in [0.5, 0.6) is 0 Å². The van der Waals surface area contributed by atoms with E-state index in [9.17, 15) is 0 Å². The number of aryl methyl sites for hydroxylation is 1. The molecule has 21 heavy (non-hydrogen) atoms. The van der Waals surface area contributed by atoms with Crippen molar-refractivity contribution >= 4 is 5.82 Å². The number of hydrogen-bond acceptors (Lipinski definition) is 5. The predicted molar refractivity (Wildman–Crippen MR) is 82.8 cm³/mol. The summed E-state index contributed by atoms with van der Waals surface area (Å²) in [4.78, 5) is 17.6. The van der Waals surface area contributed by atoms with Gasteiger partial charge < -0.3 is 5.32 Å². The van der Waals surface area contributed by atoms with Crippen molar-refractivity contribution in [3.05, 3.63) is 54.4 Å². The standard InChI is InChI=1S/C16H15N5/c1-11-9-18-15(19-10-11)16-20-13(8-14(17-2)21-16)12-6-4-3-5-7-12/h3-10H,1-2H3,(H,17,20,21). The van der Waals surface area contributed by atoms with Crippen LogP contribution in [0.3, 0.4) is 0 Å². The highest BCUT2D eigenvalue weighted by atomic mass is 15.0. The lowest BCUT2D eigenvalue weighted by Crippen LogP contribution is -2.01. The van der Waals surface area contributed by atoms with Crippen LogP contribution in [0.15, 0.2) is 48.8 Å². The molecule has 5 nitrogen and oxygen atoms in total. The number of benzene rings is 1. The molecule has 0 atom stereocenters. The van der Waals surface area contributed by atoms with Crippen LogP contribution < -0.4 is 5.32 Å². The molecule has 1 N–H and O–H groups in total. The first kappa shape index (κ1) is 13.2. The fourth-order valence-electron chi connectivity index (χ4n) is 1.94. The van der Waals surface area contributed by atoms with Gasteiger partial charge in [-0.3, -0.25) is 0 Å². The van der Waals surface area contributed by atoms with Gasteiger partial charge in [-0.1, -0.05) is 30.3 Å². The quantitative estimate of drug-likeness (QED) is 0.797. The summed E-state index contributed by atoms with van der Waals surface area (Å²) in [5.41, 5.74) is 2.88. The molecule has 2 heterocycles. The lowest BCUT2D eigenvalue weighted by molar-refractivity contribution is 1.06. The van der Waals surface area contributed by atoms with Crippen LogP contribution in [-0.2, 0) is 0 Å². The smallest absolute Gasteiger partial charge is 0.200 e. The molecule has 0 aliphatic heterocycles. The fourth-order valence-corrected chi connectivity index (χ4v) is 1.94. The lowest BCUT2D eigenvalue weighted by Gasteiger charge is -2.07. The van der Waals surface area contributed by atoms with Gasteiger partial charge >= 0.3 is 0 Å². The first-order chi connectivity index (χ1) is 10.3. The molecule has 104 valence electrons. The molecule has 0 spiro atoms. The van der Waals surface area contributed by atoms with Gasteiger partial charge in [0.1, 0.15) is 5.82 Å². The van der Waals surface area contributed by atoms with Gasteiger partial charge in [-0.05, 0) is 12.5 Å². The van der Waals surface area contributed by atoms with Crippen LogP contribution in [0.1, 0.15) is 5.56 Å². The molecular formula is C16H15N5. The van der Waals surface area contributed by atoms with Gasteiger partial charge in [-0.25, -0.2) is 19.9 Å². The first-order valence-corrected chi connectivity index (χ1v) is 6.67. The van der Waals surface area contributed by atoms with Crippen LogP contribution in [0, 0.1) is 6.92 Å². The highest BCUT2D eigenvalue weighted by molar-refractivity contribution is 5.65. The summed E-state index contributed by atoms with van der Waals surface area (Å²) in [6.45, 7) is 1.95. The molecule has 0 bridgehead atoms. The largest absolute Gasteiger partial charge is 0.373 e. The molecule has 2 aromatic heterocycles. The number of anilines is 1. The molecule has 0 aliphatic carbocycles. The Kier molecular flexibility index (Phi) is 3.55. The van der Waals surface area contributed by atoms with Crippen molar-refractivity contribution in [2.45, 2.75) is 6.92 Å². The molecular weight excluding hydrogens is 262 g/mol. The Hall–Kier alpha value is -2.82. The summed E-state index contributed by atoms with van der Waals surface area (Å²) in [7, 11) is 1.83. The molecule has 0 unspecified atom stereocenters. The minimum atomic E-state index is 0.515. The second-order valence-corrected chi connectivity index (χ2v) is 4.66. The van der Waals surface area contributed by atoms with Gasteiger partial charge in [-0.2, -0.15) is 0 Å². The molecule has 0 radical (unpaired) electrons. The minimum Gasteiger partial charge on any atom is -0.373 e. The Morgan fingerprint density at radius 2 is 1.62 bits per heavy atom. The summed E-state index contributed by atoms with van der Waals surface area (Å²) < 4.78 is 0. The van der Waals surface area contributed by atoms with E-state index in [0.717, 1.165) is 22.6 Å². The molecule has 0 saturated carbocycles. The van der Waals surface area contributed by atoms with Gasteiger partial charge in [0.05, 0.1) is 5.69 Å². The molecule has 0 aliphatic rings. The molecule has 0 amide bonds. The van der Waals surface area contributed by atoms with Crippen molar-refractivity contribution in [1.29, 1.82) is 0 Å². The zero-order valence-electron chi connectivity index (χ0n) is 11.9. The SMILES string of the molecule is CNc1cc(-c2ccccc2)nc(-c2ncc(C)cn2)n1. The van der Waals surface area contributed by atoms with Crippen molar-refractivity contribution in [2.75, 3.05) is 12.4 Å². The third-order valence-corrected chi connectivity index (χ3v) is 3.03. The van der Waals surface area contributed by atoms with Crippen molar-refractivity contribution in [1.82, 2.24) is 19.9 Å². The Morgan fingerprint density at radius 1 is 0.905 bits per heavy atom. The van der Waals surface area contributed by atoms with Crippen LogP contribution in [0.2, 0.25) is 0 Å². The van der Waals surface area contributed by atoms with Crippen molar-refractivity contribution in [2.24, 2.45) is 0 Å². The molecule has 5 heteroatoms. The zero-order chi connectivity index (χ0) is 14.7. The summed E-state index contributed by atoms with van der Waals surface area (Å²) in [5, 5.41) is 3.05. The van der Waals surface area contributed by atoms with E-state index in [0.29, 0.717) is 11.6 Å². The normalized spacial score (nSPS) is 10.4. The summed E-state index contributed by atoms with van der Waals surface area (Å²) >= 11 is 0. The van der Waals surface area contributed by atoms with Gasteiger partial charge in [0.2, 0.25) is 0 Å². The van der Waals surface area contributed by atoms with E-state index in [1.165, 1.54) is 0 Å². The summed E-state index contributed by atoms with van der Waals surface area (Å²) in [6, 6.07) is 11.9. The number of nitrogens with zero attached hydrogens (tertiary/aromatic N) is 4. The van der Waals surface area contributed by atoms with E-state index in [1.807, 2.05) is 50.4 Å². The van der Waals surface area contributed by atoms with Crippen LogP contribution >= 0.6 is 0 Å². The zero-order valence-corrected chi connectivity index (χ0v) is 11.9. The van der Waals surface area contributed by atoms with Crippen LogP contribution in [-0.4, -0.2) is 27.0 Å². The Labute approximate surface area is 123 Å². The highest BCUT2D eigenvalue weighted by Gasteiger charge is 2.10. The Balaban J connectivity index is 2.11. The van der Waals surface area contributed by atoms with Gasteiger partial charge in [0, 0.05) is 31.1 Å². The molecule has 0 fully saturated rings. The van der Waals surface area contributed by atoms with Gasteiger partial charge in [0.15, 0.2) is 11.6 Å². The van der Waals surface area contributed by atoms with E-state index in [-0.39, 0.29) is 0 Å². The molecule has 0 saturated heterocycles. The second-order valence-electron chi connectivity index (χ2n) is 4.66. The topological polar surface area (TPSA) is 63.6 Å². The molecule has 3 aromatic rings. The average molecular weight is 277 g/mol.